The summed E-state index contributed by atoms with van der Waals surface area (Å²) in [6.07, 6.45) is 5.50. The van der Waals surface area contributed by atoms with Gasteiger partial charge in [-0.1, -0.05) is 220 Å². The maximum Gasteiger partial charge on any atom is 0.0825 e. The van der Waals surface area contributed by atoms with Crippen LogP contribution in [0.1, 0.15) is 50.1 Å². The molecule has 0 radical (unpaired) electrons. The second-order valence-electron chi connectivity index (χ2n) is 12.5. The highest BCUT2D eigenvalue weighted by Gasteiger charge is 2.23. The molecule has 0 fully saturated rings. The third kappa shape index (κ3) is 7.52. The molecule has 0 aromatic heterocycles. The zero-order valence-electron chi connectivity index (χ0n) is 30.0. The van der Waals surface area contributed by atoms with Crippen LogP contribution in [0.25, 0.3) is 18.2 Å². The Morgan fingerprint density at radius 2 is 0.444 bits per heavy atom. The number of hydrogen-bond donors (Lipinski definition) is 0. The van der Waals surface area contributed by atoms with Crippen LogP contribution in [0, 0.1) is 0 Å². The molecular formula is C51H39N3. The van der Waals surface area contributed by atoms with E-state index >= 15 is 0 Å². The largest absolute Gasteiger partial charge is 0.246 e. The molecule has 54 heavy (non-hydrogen) atoms. The van der Waals surface area contributed by atoms with Crippen LogP contribution < -0.4 is 0 Å². The van der Waals surface area contributed by atoms with Gasteiger partial charge >= 0.3 is 0 Å². The summed E-state index contributed by atoms with van der Waals surface area (Å²) in [6, 6.07) is 61.4. The van der Waals surface area contributed by atoms with Gasteiger partial charge in [0, 0.05) is 50.1 Å². The molecule has 0 spiro atoms. The fourth-order valence-electron chi connectivity index (χ4n) is 6.51. The lowest BCUT2D eigenvalue weighted by molar-refractivity contribution is 1.36. The van der Waals surface area contributed by atoms with Crippen molar-refractivity contribution < 1.29 is 0 Å². The van der Waals surface area contributed by atoms with Crippen molar-refractivity contribution in [3.8, 4) is 0 Å². The molecular weight excluding hydrogens is 655 g/mol. The molecule has 7 rings (SSSR count). The second kappa shape index (κ2) is 16.9. The Labute approximate surface area is 318 Å². The van der Waals surface area contributed by atoms with E-state index in [1.807, 2.05) is 127 Å². The van der Waals surface area contributed by atoms with E-state index in [1.165, 1.54) is 0 Å². The summed E-state index contributed by atoms with van der Waals surface area (Å²) in [5.41, 5.74) is 12.4. The van der Waals surface area contributed by atoms with Crippen LogP contribution in [0.5, 0.6) is 0 Å². The van der Waals surface area contributed by atoms with Crippen molar-refractivity contribution in [1.82, 2.24) is 0 Å². The van der Waals surface area contributed by atoms with E-state index in [0.29, 0.717) is 17.1 Å². The molecule has 258 valence electrons. The van der Waals surface area contributed by atoms with Crippen molar-refractivity contribution in [3.05, 3.63) is 252 Å². The molecule has 0 saturated carbocycles. The van der Waals surface area contributed by atoms with Crippen LogP contribution >= 0.6 is 0 Å². The quantitative estimate of drug-likeness (QED) is 0.114. The average molecular weight is 694 g/mol. The van der Waals surface area contributed by atoms with Crippen molar-refractivity contribution in [3.63, 3.8) is 0 Å². The monoisotopic (exact) mass is 693 g/mol. The Bertz CT molecular complexity index is 2050. The highest BCUT2D eigenvalue weighted by molar-refractivity contribution is 6.18. The topological polar surface area (TPSA) is 37.1 Å². The molecule has 3 heteroatoms. The average Bonchev–Trinajstić information content (AvgIpc) is 3.25. The molecule has 0 unspecified atom stereocenters. The molecule has 0 heterocycles. The van der Waals surface area contributed by atoms with Gasteiger partial charge in [-0.25, -0.2) is 15.0 Å². The van der Waals surface area contributed by atoms with Gasteiger partial charge in [0.15, 0.2) is 0 Å². The number of rotatable bonds is 12. The van der Waals surface area contributed by atoms with Crippen molar-refractivity contribution in [2.75, 3.05) is 0 Å². The fraction of sp³-hybridized carbons (Fsp3) is 0. The smallest absolute Gasteiger partial charge is 0.0825 e. The summed E-state index contributed by atoms with van der Waals surface area (Å²) < 4.78 is 0. The van der Waals surface area contributed by atoms with Gasteiger partial charge in [0.1, 0.15) is 0 Å². The van der Waals surface area contributed by atoms with Gasteiger partial charge in [0.25, 0.3) is 0 Å². The third-order valence-corrected chi connectivity index (χ3v) is 9.10. The standard InChI is InChI=1S/C51H39N3/c1-4-43-49(52-46(37-25-13-7-14-26-37)38-27-15-8-16-28-38)44(5-2)51(54-48(41-33-21-11-22-34-41)42-35-23-12-24-36-42)45(6-3)50(43)53-47(39-29-17-9-18-30-39)40-31-19-10-20-32-40/h4-36H,1-3H2. The second-order valence-corrected chi connectivity index (χ2v) is 12.5. The molecule has 0 atom stereocenters. The van der Waals surface area contributed by atoms with Crippen LogP contribution in [0.15, 0.2) is 217 Å². The summed E-state index contributed by atoms with van der Waals surface area (Å²) in [6.45, 7) is 13.1. The molecule has 0 N–H and O–H groups in total. The predicted molar refractivity (Wildman–Crippen MR) is 231 cm³/mol. The van der Waals surface area contributed by atoms with E-state index in [1.54, 1.807) is 0 Å². The van der Waals surface area contributed by atoms with E-state index < -0.39 is 0 Å². The summed E-state index contributed by atoms with van der Waals surface area (Å²) in [4.78, 5) is 16.6. The molecule has 0 aliphatic rings. The van der Waals surface area contributed by atoms with Crippen LogP contribution in [-0.2, 0) is 0 Å². The molecule has 0 aliphatic heterocycles. The zero-order valence-corrected chi connectivity index (χ0v) is 30.0. The first-order valence-corrected chi connectivity index (χ1v) is 17.9. The molecule has 0 aliphatic carbocycles. The van der Waals surface area contributed by atoms with Gasteiger partial charge in [0.05, 0.1) is 34.2 Å². The number of nitrogens with zero attached hydrogens (tertiary/aromatic N) is 3. The van der Waals surface area contributed by atoms with E-state index in [-0.39, 0.29) is 0 Å². The Hall–Kier alpha value is -7.23. The van der Waals surface area contributed by atoms with Gasteiger partial charge in [0.2, 0.25) is 0 Å². The lowest BCUT2D eigenvalue weighted by Crippen LogP contribution is -2.06. The lowest BCUT2D eigenvalue weighted by Gasteiger charge is -2.20. The van der Waals surface area contributed by atoms with Gasteiger partial charge in [-0.3, -0.25) is 0 Å². The minimum Gasteiger partial charge on any atom is -0.246 e. The molecule has 7 aromatic rings. The van der Waals surface area contributed by atoms with Crippen molar-refractivity contribution in [1.29, 1.82) is 0 Å². The predicted octanol–water partition coefficient (Wildman–Crippen LogP) is 13.1. The summed E-state index contributed by atoms with van der Waals surface area (Å²) in [5.74, 6) is 0. The van der Waals surface area contributed by atoms with Crippen LogP contribution in [-0.4, -0.2) is 17.1 Å². The van der Waals surface area contributed by atoms with Crippen LogP contribution in [0.3, 0.4) is 0 Å². The van der Waals surface area contributed by atoms with Gasteiger partial charge in [-0.2, -0.15) is 0 Å². The minimum atomic E-state index is 0.659. The number of aliphatic imine (C=N–C) groups is 3. The lowest BCUT2D eigenvalue weighted by atomic mass is 9.94. The first-order valence-electron chi connectivity index (χ1n) is 17.9. The van der Waals surface area contributed by atoms with Crippen molar-refractivity contribution in [2.45, 2.75) is 0 Å². The summed E-state index contributed by atoms with van der Waals surface area (Å²) in [5, 5.41) is 0. The maximum absolute atomic E-state index is 5.54. The van der Waals surface area contributed by atoms with Crippen LogP contribution in [0.2, 0.25) is 0 Å². The molecule has 3 nitrogen and oxygen atoms in total. The van der Waals surface area contributed by atoms with Gasteiger partial charge in [-0.05, 0) is 0 Å². The van der Waals surface area contributed by atoms with Gasteiger partial charge in [-0.15, -0.1) is 0 Å². The Kier molecular flexibility index (Phi) is 11.0. The first kappa shape index (κ1) is 35.2. The Balaban J connectivity index is 1.66. The van der Waals surface area contributed by atoms with Gasteiger partial charge < -0.3 is 0 Å². The van der Waals surface area contributed by atoms with E-state index in [9.17, 15) is 0 Å². The number of benzene rings is 7. The van der Waals surface area contributed by atoms with E-state index in [0.717, 1.165) is 67.2 Å². The fourth-order valence-corrected chi connectivity index (χ4v) is 6.51. The molecule has 0 bridgehead atoms. The Morgan fingerprint density at radius 3 is 0.593 bits per heavy atom. The Morgan fingerprint density at radius 1 is 0.278 bits per heavy atom. The highest BCUT2D eigenvalue weighted by atomic mass is 14.9. The SMILES string of the molecule is C=Cc1c(N=C(c2ccccc2)c2ccccc2)c(C=C)c(N=C(c2ccccc2)c2ccccc2)c(C=C)c1N=C(c1ccccc1)c1ccccc1. The molecule has 7 aromatic carbocycles. The van der Waals surface area contributed by atoms with E-state index in [4.69, 9.17) is 15.0 Å². The summed E-state index contributed by atoms with van der Waals surface area (Å²) in [7, 11) is 0. The molecule has 0 saturated heterocycles. The third-order valence-electron chi connectivity index (χ3n) is 9.10. The normalized spacial score (nSPS) is 10.4. The van der Waals surface area contributed by atoms with Crippen LogP contribution in [0.4, 0.5) is 17.1 Å². The van der Waals surface area contributed by atoms with Crippen molar-refractivity contribution >= 4 is 52.4 Å². The number of hydrogen-bond acceptors (Lipinski definition) is 3. The maximum atomic E-state index is 5.54. The molecule has 0 amide bonds. The zero-order chi connectivity index (χ0) is 37.1. The van der Waals surface area contributed by atoms with E-state index in [2.05, 4.69) is 92.5 Å². The highest BCUT2D eigenvalue weighted by Crippen LogP contribution is 2.47. The summed E-state index contributed by atoms with van der Waals surface area (Å²) >= 11 is 0. The van der Waals surface area contributed by atoms with Crippen molar-refractivity contribution in [2.24, 2.45) is 15.0 Å². The minimum absolute atomic E-state index is 0.659. The first-order chi connectivity index (χ1) is 26.7.